The van der Waals surface area contributed by atoms with Gasteiger partial charge in [-0.25, -0.2) is 9.97 Å². The van der Waals surface area contributed by atoms with Crippen LogP contribution in [0.25, 0.3) is 22.8 Å². The average Bonchev–Trinajstić information content (AvgIpc) is 3.31. The van der Waals surface area contributed by atoms with Crippen LogP contribution in [0.2, 0.25) is 0 Å². The van der Waals surface area contributed by atoms with Crippen molar-refractivity contribution in [3.63, 3.8) is 0 Å². The molecule has 4 aromatic rings. The minimum Gasteiger partial charge on any atom is -0.331 e. The molecule has 2 aromatic heterocycles. The molecule has 0 fully saturated rings. The van der Waals surface area contributed by atoms with Gasteiger partial charge in [0.05, 0.1) is 16.8 Å². The molecule has 0 unspecified atom stereocenters. The minimum atomic E-state index is -0.378. The van der Waals surface area contributed by atoms with Crippen molar-refractivity contribution in [1.82, 2.24) is 19.1 Å². The average molecular weight is 497 g/mol. The highest BCUT2D eigenvalue weighted by atomic mass is 15.1. The summed E-state index contributed by atoms with van der Waals surface area (Å²) >= 11 is 0. The predicted octanol–water partition coefficient (Wildman–Crippen LogP) is 7.99. The largest absolute Gasteiger partial charge is 0.331 e. The lowest BCUT2D eigenvalue weighted by atomic mass is 9.78. The van der Waals surface area contributed by atoms with E-state index in [-0.39, 0.29) is 16.2 Å². The fraction of sp³-hybridized carbons (Fsp3) is 0.455. The van der Waals surface area contributed by atoms with E-state index in [1.165, 1.54) is 11.4 Å². The van der Waals surface area contributed by atoms with E-state index >= 15 is 0 Å². The van der Waals surface area contributed by atoms with Crippen LogP contribution < -0.4 is 0 Å². The predicted molar refractivity (Wildman–Crippen MR) is 156 cm³/mol. The first kappa shape index (κ1) is 26.9. The fourth-order valence-electron chi connectivity index (χ4n) is 5.28. The Hall–Kier alpha value is -3.14. The van der Waals surface area contributed by atoms with Crippen molar-refractivity contribution in [1.29, 1.82) is 0 Å². The molecule has 0 aliphatic heterocycles. The smallest absolute Gasteiger partial charge is 0.140 e. The summed E-state index contributed by atoms with van der Waals surface area (Å²) < 4.78 is 4.62. The van der Waals surface area contributed by atoms with Crippen LogP contribution in [-0.4, -0.2) is 19.1 Å². The summed E-state index contributed by atoms with van der Waals surface area (Å²) in [5.74, 6) is 2.03. The normalized spacial score (nSPS) is 12.8. The Balaban J connectivity index is 1.97. The van der Waals surface area contributed by atoms with E-state index in [1.807, 2.05) is 0 Å². The van der Waals surface area contributed by atoms with Crippen molar-refractivity contribution in [2.75, 3.05) is 0 Å². The van der Waals surface area contributed by atoms with Crippen molar-refractivity contribution in [3.8, 4) is 22.8 Å². The van der Waals surface area contributed by atoms with Crippen molar-refractivity contribution < 1.29 is 0 Å². The lowest BCUT2D eigenvalue weighted by Crippen LogP contribution is -2.27. The number of aromatic nitrogens is 4. The molecule has 0 spiro atoms. The fourth-order valence-corrected chi connectivity index (χ4v) is 5.28. The second-order valence-electron chi connectivity index (χ2n) is 13.4. The second kappa shape index (κ2) is 9.63. The van der Waals surface area contributed by atoms with Crippen LogP contribution in [0.15, 0.2) is 60.7 Å². The molecule has 0 saturated carbocycles. The van der Waals surface area contributed by atoms with E-state index in [9.17, 15) is 0 Å². The van der Waals surface area contributed by atoms with Crippen LogP contribution in [-0.2, 0) is 32.4 Å². The van der Waals surface area contributed by atoms with Gasteiger partial charge in [-0.1, -0.05) is 102 Å². The molecule has 0 radical (unpaired) electrons. The standard InChI is InChI=1S/C33H44N4/c1-31(2,3)21-25-27(34-29(36(25)9)23-17-13-11-14-18-23)33(7,8)28-26(22-32(4,5)6)37(10)30(35-28)24-19-15-12-16-20-24/h11-20H,21-22H2,1-10H3. The van der Waals surface area contributed by atoms with E-state index in [4.69, 9.17) is 9.97 Å². The summed E-state index contributed by atoms with van der Waals surface area (Å²) in [6, 6.07) is 21.1. The molecular weight excluding hydrogens is 452 g/mol. The lowest BCUT2D eigenvalue weighted by Gasteiger charge is -2.28. The number of imidazole rings is 2. The van der Waals surface area contributed by atoms with E-state index < -0.39 is 0 Å². The highest BCUT2D eigenvalue weighted by Crippen LogP contribution is 2.41. The Kier molecular flexibility index (Phi) is 7.00. The van der Waals surface area contributed by atoms with Crippen LogP contribution in [0, 0.1) is 10.8 Å². The molecule has 37 heavy (non-hydrogen) atoms. The third-order valence-electron chi connectivity index (χ3n) is 7.07. The van der Waals surface area contributed by atoms with Gasteiger partial charge >= 0.3 is 0 Å². The quantitative estimate of drug-likeness (QED) is 0.271. The molecule has 0 amide bonds. The van der Waals surface area contributed by atoms with Gasteiger partial charge in [0.15, 0.2) is 0 Å². The molecule has 196 valence electrons. The van der Waals surface area contributed by atoms with Gasteiger partial charge in [0.25, 0.3) is 0 Å². The van der Waals surface area contributed by atoms with Gasteiger partial charge in [-0.05, 0) is 37.5 Å². The first-order valence-corrected chi connectivity index (χ1v) is 13.4. The van der Waals surface area contributed by atoms with Gasteiger partial charge in [-0.15, -0.1) is 0 Å². The number of hydrogen-bond acceptors (Lipinski definition) is 2. The maximum Gasteiger partial charge on any atom is 0.140 e. The first-order chi connectivity index (χ1) is 17.2. The van der Waals surface area contributed by atoms with Crippen LogP contribution in [0.1, 0.15) is 78.2 Å². The van der Waals surface area contributed by atoms with E-state index in [1.54, 1.807) is 0 Å². The van der Waals surface area contributed by atoms with Crippen molar-refractivity contribution in [2.24, 2.45) is 24.9 Å². The Bertz CT molecular complexity index is 1250. The van der Waals surface area contributed by atoms with Crippen LogP contribution in [0.3, 0.4) is 0 Å². The van der Waals surface area contributed by atoms with Gasteiger partial charge in [0.1, 0.15) is 11.6 Å². The topological polar surface area (TPSA) is 35.6 Å². The molecule has 2 aromatic carbocycles. The van der Waals surface area contributed by atoms with Crippen LogP contribution in [0.5, 0.6) is 0 Å². The molecule has 2 heterocycles. The monoisotopic (exact) mass is 496 g/mol. The third kappa shape index (κ3) is 5.58. The molecule has 0 saturated heterocycles. The number of hydrogen-bond donors (Lipinski definition) is 0. The van der Waals surface area contributed by atoms with Gasteiger partial charge in [-0.3, -0.25) is 0 Å². The highest BCUT2D eigenvalue weighted by Gasteiger charge is 2.38. The highest BCUT2D eigenvalue weighted by molar-refractivity contribution is 5.60. The Morgan fingerprint density at radius 1 is 0.541 bits per heavy atom. The van der Waals surface area contributed by atoms with Crippen molar-refractivity contribution in [3.05, 3.63) is 83.4 Å². The molecule has 0 aliphatic rings. The molecule has 4 rings (SSSR count). The summed E-state index contributed by atoms with van der Waals surface area (Å²) in [6.45, 7) is 18.4. The molecule has 0 bridgehead atoms. The molecule has 0 N–H and O–H groups in total. The van der Waals surface area contributed by atoms with Crippen LogP contribution >= 0.6 is 0 Å². The SMILES string of the molecule is Cn1c(-c2ccccc2)nc(C(C)(C)c2nc(-c3ccccc3)n(C)c2CC(C)(C)C)c1CC(C)(C)C. The van der Waals surface area contributed by atoms with Crippen molar-refractivity contribution in [2.45, 2.75) is 73.6 Å². The first-order valence-electron chi connectivity index (χ1n) is 13.4. The second-order valence-corrected chi connectivity index (χ2v) is 13.4. The number of benzene rings is 2. The molecule has 4 heteroatoms. The summed E-state index contributed by atoms with van der Waals surface area (Å²) in [5.41, 5.74) is 6.96. The summed E-state index contributed by atoms with van der Waals surface area (Å²) in [4.78, 5) is 10.8. The van der Waals surface area contributed by atoms with Gasteiger partial charge in [0.2, 0.25) is 0 Å². The molecule has 0 atom stereocenters. The van der Waals surface area contributed by atoms with Gasteiger partial charge < -0.3 is 9.13 Å². The Morgan fingerprint density at radius 2 is 0.865 bits per heavy atom. The maximum absolute atomic E-state index is 5.38. The molecule has 0 aliphatic carbocycles. The van der Waals surface area contributed by atoms with Gasteiger partial charge in [0, 0.05) is 36.6 Å². The minimum absolute atomic E-state index is 0.125. The number of nitrogens with zero attached hydrogens (tertiary/aromatic N) is 4. The zero-order valence-corrected chi connectivity index (χ0v) is 24.5. The van der Waals surface area contributed by atoms with Crippen LogP contribution in [0.4, 0.5) is 0 Å². The van der Waals surface area contributed by atoms with Gasteiger partial charge in [-0.2, -0.15) is 0 Å². The maximum atomic E-state index is 5.38. The number of rotatable bonds is 6. The third-order valence-corrected chi connectivity index (χ3v) is 7.07. The van der Waals surface area contributed by atoms with E-state index in [0.717, 1.165) is 47.0 Å². The zero-order valence-electron chi connectivity index (χ0n) is 24.5. The summed E-state index contributed by atoms with van der Waals surface area (Å²) in [5, 5.41) is 0. The Labute approximate surface area is 223 Å². The zero-order chi connectivity index (χ0) is 27.2. The molecule has 4 nitrogen and oxygen atoms in total. The lowest BCUT2D eigenvalue weighted by molar-refractivity contribution is 0.391. The van der Waals surface area contributed by atoms with Crippen molar-refractivity contribution >= 4 is 0 Å². The Morgan fingerprint density at radius 3 is 1.16 bits per heavy atom. The summed E-state index contributed by atoms with van der Waals surface area (Å²) in [7, 11) is 4.33. The summed E-state index contributed by atoms with van der Waals surface area (Å²) in [6.07, 6.45) is 1.88. The molecular formula is C33H44N4. The van der Waals surface area contributed by atoms with E-state index in [2.05, 4.69) is 139 Å². The van der Waals surface area contributed by atoms with E-state index in [0.29, 0.717) is 0 Å².